The molecule has 8 heteroatoms. The molecule has 92 valence electrons. The molecular weight excluding hydrogens is 261 g/mol. The van der Waals surface area contributed by atoms with Gasteiger partial charge in [0, 0.05) is 5.38 Å². The average Bonchev–Trinajstić information content (AvgIpc) is 2.81. The summed E-state index contributed by atoms with van der Waals surface area (Å²) in [6.45, 7) is 0. The minimum atomic E-state index is -1.46. The first-order valence-electron chi connectivity index (χ1n) is 4.70. The molecule has 1 heterocycles. The lowest BCUT2D eigenvalue weighted by atomic mass is 10.1. The topological polar surface area (TPSA) is 92.2 Å². The highest BCUT2D eigenvalue weighted by molar-refractivity contribution is 7.03. The van der Waals surface area contributed by atoms with E-state index in [1.165, 1.54) is 17.5 Å². The van der Waals surface area contributed by atoms with E-state index in [2.05, 4.69) is 14.9 Å². The molecule has 0 bridgehead atoms. The minimum Gasteiger partial charge on any atom is -0.478 e. The molecule has 2 rings (SSSR count). The van der Waals surface area contributed by atoms with E-state index < -0.39 is 23.3 Å². The molecule has 18 heavy (non-hydrogen) atoms. The number of carbonyl (C=O) groups is 2. The molecule has 0 unspecified atom stereocenters. The van der Waals surface area contributed by atoms with E-state index in [1.807, 2.05) is 0 Å². The van der Waals surface area contributed by atoms with Crippen LogP contribution in [0.5, 0.6) is 0 Å². The van der Waals surface area contributed by atoms with Crippen LogP contribution in [-0.4, -0.2) is 26.6 Å². The van der Waals surface area contributed by atoms with Gasteiger partial charge in [0.25, 0.3) is 5.91 Å². The monoisotopic (exact) mass is 267 g/mol. The molecule has 0 saturated carbocycles. The van der Waals surface area contributed by atoms with Gasteiger partial charge in [-0.1, -0.05) is 10.6 Å². The second-order valence-electron chi connectivity index (χ2n) is 3.21. The van der Waals surface area contributed by atoms with Gasteiger partial charge in [-0.2, -0.15) is 0 Å². The zero-order chi connectivity index (χ0) is 13.1. The van der Waals surface area contributed by atoms with Crippen LogP contribution in [0.4, 0.5) is 10.1 Å². The number of aromatic carboxylic acids is 1. The van der Waals surface area contributed by atoms with Crippen molar-refractivity contribution in [2.45, 2.75) is 0 Å². The predicted molar refractivity (Wildman–Crippen MR) is 61.2 cm³/mol. The van der Waals surface area contributed by atoms with Gasteiger partial charge in [-0.3, -0.25) is 4.79 Å². The van der Waals surface area contributed by atoms with E-state index in [4.69, 9.17) is 5.11 Å². The van der Waals surface area contributed by atoms with E-state index in [-0.39, 0.29) is 11.4 Å². The average molecular weight is 267 g/mol. The van der Waals surface area contributed by atoms with Gasteiger partial charge in [-0.05, 0) is 23.7 Å². The Morgan fingerprint density at radius 1 is 1.39 bits per heavy atom. The van der Waals surface area contributed by atoms with E-state index in [0.717, 1.165) is 17.6 Å². The number of carboxylic acids is 1. The third-order valence-electron chi connectivity index (χ3n) is 2.07. The Balaban J connectivity index is 2.32. The summed E-state index contributed by atoms with van der Waals surface area (Å²) in [5.74, 6) is -3.02. The molecular formula is C10H6FN3O3S. The summed E-state index contributed by atoms with van der Waals surface area (Å²) in [7, 11) is 0. The second kappa shape index (κ2) is 4.88. The second-order valence-corrected chi connectivity index (χ2v) is 3.82. The summed E-state index contributed by atoms with van der Waals surface area (Å²) in [5, 5.41) is 16.1. The smallest absolute Gasteiger partial charge is 0.340 e. The van der Waals surface area contributed by atoms with Crippen LogP contribution in [0.1, 0.15) is 20.8 Å². The number of hydrogen-bond acceptors (Lipinski definition) is 5. The summed E-state index contributed by atoms with van der Waals surface area (Å²) in [6.07, 6.45) is 0. The molecule has 0 aliphatic heterocycles. The van der Waals surface area contributed by atoms with Crippen molar-refractivity contribution in [3.8, 4) is 0 Å². The first-order valence-corrected chi connectivity index (χ1v) is 5.53. The Bertz CT molecular complexity index is 600. The largest absolute Gasteiger partial charge is 0.478 e. The number of nitrogens with one attached hydrogen (secondary N) is 1. The van der Waals surface area contributed by atoms with Crippen molar-refractivity contribution >= 4 is 29.1 Å². The first-order chi connectivity index (χ1) is 8.59. The van der Waals surface area contributed by atoms with E-state index in [9.17, 15) is 14.0 Å². The fourth-order valence-electron chi connectivity index (χ4n) is 1.30. The lowest BCUT2D eigenvalue weighted by Gasteiger charge is -2.07. The molecule has 0 atom stereocenters. The molecule has 1 aromatic heterocycles. The fourth-order valence-corrected chi connectivity index (χ4v) is 1.73. The van der Waals surface area contributed by atoms with Crippen molar-refractivity contribution in [3.63, 3.8) is 0 Å². The Kier molecular flexibility index (Phi) is 3.28. The summed E-state index contributed by atoms with van der Waals surface area (Å²) in [5.41, 5.74) is -0.671. The van der Waals surface area contributed by atoms with Crippen molar-refractivity contribution in [1.82, 2.24) is 9.59 Å². The third kappa shape index (κ3) is 2.33. The molecule has 0 aliphatic carbocycles. The molecule has 2 aromatic rings. The number of nitrogens with zero attached hydrogens (tertiary/aromatic N) is 2. The molecule has 0 radical (unpaired) electrons. The summed E-state index contributed by atoms with van der Waals surface area (Å²) in [4.78, 5) is 22.5. The molecule has 0 fully saturated rings. The molecule has 1 amide bonds. The Hall–Kier alpha value is -2.35. The van der Waals surface area contributed by atoms with Crippen molar-refractivity contribution in [3.05, 3.63) is 40.7 Å². The quantitative estimate of drug-likeness (QED) is 0.881. The number of anilines is 1. The number of carbonyl (C=O) groups excluding carboxylic acids is 1. The lowest BCUT2D eigenvalue weighted by molar-refractivity contribution is 0.0693. The number of hydrogen-bond donors (Lipinski definition) is 2. The number of rotatable bonds is 3. The van der Waals surface area contributed by atoms with Crippen molar-refractivity contribution < 1.29 is 19.1 Å². The summed E-state index contributed by atoms with van der Waals surface area (Å²) < 4.78 is 16.8. The highest BCUT2D eigenvalue weighted by Gasteiger charge is 2.18. The maximum absolute atomic E-state index is 13.3. The highest BCUT2D eigenvalue weighted by atomic mass is 32.1. The van der Waals surface area contributed by atoms with Crippen molar-refractivity contribution in [2.75, 3.05) is 5.32 Å². The van der Waals surface area contributed by atoms with E-state index in [1.54, 1.807) is 0 Å². The van der Waals surface area contributed by atoms with Gasteiger partial charge < -0.3 is 10.4 Å². The van der Waals surface area contributed by atoms with Crippen LogP contribution in [0.2, 0.25) is 0 Å². The Morgan fingerprint density at radius 3 is 2.78 bits per heavy atom. The van der Waals surface area contributed by atoms with Crippen molar-refractivity contribution in [2.24, 2.45) is 0 Å². The van der Waals surface area contributed by atoms with Crippen LogP contribution in [0, 0.1) is 5.82 Å². The number of benzene rings is 1. The predicted octanol–water partition coefficient (Wildman–Crippen LogP) is 1.63. The van der Waals surface area contributed by atoms with Crippen LogP contribution in [-0.2, 0) is 0 Å². The molecule has 0 saturated heterocycles. The van der Waals surface area contributed by atoms with Gasteiger partial charge >= 0.3 is 5.97 Å². The number of carboxylic acid groups (broad SMARTS) is 1. The zero-order valence-corrected chi connectivity index (χ0v) is 9.57. The van der Waals surface area contributed by atoms with Crippen LogP contribution < -0.4 is 5.32 Å². The number of amides is 1. The maximum atomic E-state index is 13.3. The van der Waals surface area contributed by atoms with Gasteiger partial charge in [0.15, 0.2) is 5.69 Å². The number of halogens is 1. The summed E-state index contributed by atoms with van der Waals surface area (Å²) >= 11 is 0.980. The zero-order valence-electron chi connectivity index (χ0n) is 8.75. The highest BCUT2D eigenvalue weighted by Crippen LogP contribution is 2.19. The van der Waals surface area contributed by atoms with Crippen LogP contribution in [0.3, 0.4) is 0 Å². The van der Waals surface area contributed by atoms with Gasteiger partial charge in [-0.15, -0.1) is 5.10 Å². The van der Waals surface area contributed by atoms with E-state index in [0.29, 0.717) is 0 Å². The maximum Gasteiger partial charge on any atom is 0.340 e. The van der Waals surface area contributed by atoms with Crippen LogP contribution in [0.15, 0.2) is 23.6 Å². The molecule has 1 aromatic carbocycles. The van der Waals surface area contributed by atoms with Gasteiger partial charge in [0.2, 0.25) is 0 Å². The molecule has 2 N–H and O–H groups in total. The van der Waals surface area contributed by atoms with Gasteiger partial charge in [0.1, 0.15) is 11.4 Å². The van der Waals surface area contributed by atoms with Crippen molar-refractivity contribution in [1.29, 1.82) is 0 Å². The van der Waals surface area contributed by atoms with Gasteiger partial charge in [0.05, 0.1) is 5.69 Å². The van der Waals surface area contributed by atoms with Crippen LogP contribution in [0.25, 0.3) is 0 Å². The Labute approximate surface area is 104 Å². The minimum absolute atomic E-state index is 0.0422. The first kappa shape index (κ1) is 12.1. The third-order valence-corrected chi connectivity index (χ3v) is 2.57. The summed E-state index contributed by atoms with van der Waals surface area (Å²) in [6, 6.07) is 3.60. The molecule has 0 spiro atoms. The molecule has 0 aliphatic rings. The number of aromatic nitrogens is 2. The Morgan fingerprint density at radius 2 is 2.17 bits per heavy atom. The lowest BCUT2D eigenvalue weighted by Crippen LogP contribution is -2.16. The standard InChI is InChI=1S/C10H6FN3O3S/c11-5-2-1-3-6(8(5)10(16)17)12-9(15)7-4-18-14-13-7/h1-4H,(H,12,15)(H,16,17). The SMILES string of the molecule is O=C(Nc1cccc(F)c1C(=O)O)c1csnn1. The molecule has 6 nitrogen and oxygen atoms in total. The van der Waals surface area contributed by atoms with Gasteiger partial charge in [-0.25, -0.2) is 9.18 Å². The normalized spacial score (nSPS) is 10.1. The van der Waals surface area contributed by atoms with Crippen LogP contribution >= 0.6 is 11.5 Å². The fraction of sp³-hybridized carbons (Fsp3) is 0. The van der Waals surface area contributed by atoms with E-state index >= 15 is 0 Å².